The lowest BCUT2D eigenvalue weighted by Crippen LogP contribution is -2.23. The quantitative estimate of drug-likeness (QED) is 0.831. The van der Waals surface area contributed by atoms with Gasteiger partial charge in [-0.1, -0.05) is 12.2 Å². The molecule has 1 aliphatic rings. The summed E-state index contributed by atoms with van der Waals surface area (Å²) in [5.74, 6) is 0.839. The molecule has 1 atom stereocenters. The normalized spacial score (nSPS) is 14.7. The van der Waals surface area contributed by atoms with Gasteiger partial charge < -0.3 is 11.1 Å². The molecular weight excluding hydrogens is 298 g/mol. The zero-order valence-electron chi connectivity index (χ0n) is 12.1. The summed E-state index contributed by atoms with van der Waals surface area (Å²) >= 11 is 6.92. The van der Waals surface area contributed by atoms with Gasteiger partial charge in [0.05, 0.1) is 5.56 Å². The average Bonchev–Trinajstić information content (AvgIpc) is 3.07. The lowest BCUT2D eigenvalue weighted by atomic mass is 10.1. The van der Waals surface area contributed by atoms with Crippen molar-refractivity contribution >= 4 is 34.4 Å². The highest BCUT2D eigenvalue weighted by Crippen LogP contribution is 2.26. The van der Waals surface area contributed by atoms with Crippen LogP contribution in [0.25, 0.3) is 0 Å². The first-order chi connectivity index (χ1) is 10.1. The monoisotopic (exact) mass is 317 g/mol. The van der Waals surface area contributed by atoms with Crippen LogP contribution in [0, 0.1) is 0 Å². The van der Waals surface area contributed by atoms with Gasteiger partial charge >= 0.3 is 0 Å². The fourth-order valence-electron chi connectivity index (χ4n) is 2.82. The number of pyridine rings is 1. The number of nitrogens with one attached hydrogen (secondary N) is 1. The van der Waals surface area contributed by atoms with Crippen LogP contribution >= 0.6 is 23.6 Å². The second kappa shape index (κ2) is 6.12. The summed E-state index contributed by atoms with van der Waals surface area (Å²) in [6, 6.07) is 4.57. The van der Waals surface area contributed by atoms with Gasteiger partial charge in [0, 0.05) is 11.7 Å². The van der Waals surface area contributed by atoms with Gasteiger partial charge in [-0.25, -0.2) is 4.98 Å². The van der Waals surface area contributed by atoms with E-state index in [2.05, 4.69) is 35.1 Å². The van der Waals surface area contributed by atoms with Crippen LogP contribution in [0.3, 0.4) is 0 Å². The van der Waals surface area contributed by atoms with Crippen molar-refractivity contribution in [3.8, 4) is 0 Å². The summed E-state index contributed by atoms with van der Waals surface area (Å²) < 4.78 is 0. The van der Waals surface area contributed by atoms with E-state index in [9.17, 15) is 0 Å². The molecule has 3 N–H and O–H groups in total. The van der Waals surface area contributed by atoms with Crippen LogP contribution < -0.4 is 11.1 Å². The Morgan fingerprint density at radius 2 is 2.38 bits per heavy atom. The second-order valence-electron chi connectivity index (χ2n) is 5.59. The van der Waals surface area contributed by atoms with E-state index in [-0.39, 0.29) is 0 Å². The number of nitrogens with two attached hydrogens (primary N) is 1. The van der Waals surface area contributed by atoms with Gasteiger partial charge in [0.2, 0.25) is 0 Å². The Kier molecular flexibility index (Phi) is 4.22. The maximum Gasteiger partial charge on any atom is 0.136 e. The molecule has 2 aromatic rings. The number of nitrogens with zero attached hydrogens (tertiary/aromatic N) is 1. The van der Waals surface area contributed by atoms with Gasteiger partial charge in [-0.15, -0.1) is 0 Å². The minimum Gasteiger partial charge on any atom is -0.389 e. The number of aryl methyl sites for hydroxylation is 2. The lowest BCUT2D eigenvalue weighted by molar-refractivity contribution is 0.784. The molecule has 0 radical (unpaired) electrons. The Hall–Kier alpha value is -1.46. The van der Waals surface area contributed by atoms with E-state index in [1.54, 1.807) is 11.3 Å². The smallest absolute Gasteiger partial charge is 0.136 e. The number of aromatic nitrogens is 1. The minimum absolute atomic E-state index is 0.291. The molecule has 0 saturated carbocycles. The highest BCUT2D eigenvalue weighted by atomic mass is 32.1. The van der Waals surface area contributed by atoms with E-state index in [4.69, 9.17) is 22.9 Å². The molecule has 0 spiro atoms. The Morgan fingerprint density at radius 1 is 1.52 bits per heavy atom. The predicted octanol–water partition coefficient (Wildman–Crippen LogP) is 3.31. The van der Waals surface area contributed by atoms with Gasteiger partial charge in [-0.3, -0.25) is 0 Å². The third-order valence-electron chi connectivity index (χ3n) is 3.82. The van der Waals surface area contributed by atoms with Crippen LogP contribution in [0.1, 0.15) is 35.7 Å². The molecule has 21 heavy (non-hydrogen) atoms. The van der Waals surface area contributed by atoms with Gasteiger partial charge in [0.1, 0.15) is 10.8 Å². The van der Waals surface area contributed by atoms with Crippen molar-refractivity contribution in [2.45, 2.75) is 38.6 Å². The average molecular weight is 317 g/mol. The maximum atomic E-state index is 5.87. The number of thiocarbonyl (C=S) groups is 1. The van der Waals surface area contributed by atoms with Gasteiger partial charge in [0.25, 0.3) is 0 Å². The highest BCUT2D eigenvalue weighted by molar-refractivity contribution is 7.80. The standard InChI is InChI=1S/C16H19N3S2/c1-10(7-11-5-6-21-9-11)18-16-13(15(17)20)8-12-3-2-4-14(12)19-16/h5-6,8-10H,2-4,7H2,1H3,(H2,17,20)(H,18,19). The molecule has 5 heteroatoms. The first-order valence-corrected chi connectivity index (χ1v) is 8.59. The Morgan fingerprint density at radius 3 is 3.10 bits per heavy atom. The van der Waals surface area contributed by atoms with Crippen LogP contribution in [-0.4, -0.2) is 16.0 Å². The van der Waals surface area contributed by atoms with Gasteiger partial charge in [-0.05, 0) is 66.6 Å². The Bertz CT molecular complexity index is 650. The molecule has 2 aromatic heterocycles. The third-order valence-corrected chi connectivity index (χ3v) is 4.77. The summed E-state index contributed by atoms with van der Waals surface area (Å²) in [5.41, 5.74) is 10.6. The molecule has 110 valence electrons. The number of anilines is 1. The van der Waals surface area contributed by atoms with Crippen molar-refractivity contribution in [1.29, 1.82) is 0 Å². The minimum atomic E-state index is 0.291. The van der Waals surface area contributed by atoms with Crippen LogP contribution in [-0.2, 0) is 19.3 Å². The molecule has 2 heterocycles. The van der Waals surface area contributed by atoms with Crippen molar-refractivity contribution in [3.05, 3.63) is 45.3 Å². The summed E-state index contributed by atoms with van der Waals surface area (Å²) in [6.45, 7) is 2.16. The van der Waals surface area contributed by atoms with Gasteiger partial charge in [-0.2, -0.15) is 11.3 Å². The van der Waals surface area contributed by atoms with Crippen LogP contribution in [0.4, 0.5) is 5.82 Å². The molecular formula is C16H19N3S2. The number of hydrogen-bond acceptors (Lipinski definition) is 4. The Labute approximate surface area is 134 Å². The topological polar surface area (TPSA) is 50.9 Å². The summed E-state index contributed by atoms with van der Waals surface area (Å²) in [6.07, 6.45) is 4.29. The van der Waals surface area contributed by atoms with Crippen LogP contribution in [0.15, 0.2) is 22.9 Å². The van der Waals surface area contributed by atoms with Crippen LogP contribution in [0.2, 0.25) is 0 Å². The molecule has 1 aliphatic carbocycles. The van der Waals surface area contributed by atoms with Crippen molar-refractivity contribution < 1.29 is 0 Å². The molecule has 1 unspecified atom stereocenters. The summed E-state index contributed by atoms with van der Waals surface area (Å²) in [4.78, 5) is 5.19. The molecule has 0 bridgehead atoms. The molecule has 3 rings (SSSR count). The van der Waals surface area contributed by atoms with Crippen molar-refractivity contribution in [2.75, 3.05) is 5.32 Å². The molecule has 0 aliphatic heterocycles. The van der Waals surface area contributed by atoms with Crippen molar-refractivity contribution in [3.63, 3.8) is 0 Å². The fourth-order valence-corrected chi connectivity index (χ4v) is 3.65. The van der Waals surface area contributed by atoms with E-state index in [0.29, 0.717) is 11.0 Å². The van der Waals surface area contributed by atoms with Crippen molar-refractivity contribution in [1.82, 2.24) is 4.98 Å². The first-order valence-electron chi connectivity index (χ1n) is 7.23. The second-order valence-corrected chi connectivity index (χ2v) is 6.81. The molecule has 0 aromatic carbocycles. The molecule has 0 amide bonds. The molecule has 0 fully saturated rings. The zero-order chi connectivity index (χ0) is 14.8. The number of thiophene rings is 1. The molecule has 0 saturated heterocycles. The lowest BCUT2D eigenvalue weighted by Gasteiger charge is -2.18. The number of fused-ring (bicyclic) bond motifs is 1. The number of rotatable bonds is 5. The summed E-state index contributed by atoms with van der Waals surface area (Å²) in [5, 5.41) is 7.78. The number of hydrogen-bond donors (Lipinski definition) is 2. The predicted molar refractivity (Wildman–Crippen MR) is 93.3 cm³/mol. The van der Waals surface area contributed by atoms with E-state index in [1.165, 1.54) is 23.2 Å². The van der Waals surface area contributed by atoms with E-state index in [0.717, 1.165) is 30.6 Å². The van der Waals surface area contributed by atoms with Crippen LogP contribution in [0.5, 0.6) is 0 Å². The SMILES string of the molecule is CC(Cc1ccsc1)Nc1nc2c(cc1C(N)=S)CCC2. The van der Waals surface area contributed by atoms with E-state index in [1.807, 2.05) is 0 Å². The molecule has 3 nitrogen and oxygen atoms in total. The zero-order valence-corrected chi connectivity index (χ0v) is 13.7. The maximum absolute atomic E-state index is 5.87. The van der Waals surface area contributed by atoms with Crippen molar-refractivity contribution in [2.24, 2.45) is 5.73 Å². The fraction of sp³-hybridized carbons (Fsp3) is 0.375. The van der Waals surface area contributed by atoms with E-state index >= 15 is 0 Å². The first kappa shape index (κ1) is 14.5. The largest absolute Gasteiger partial charge is 0.389 e. The Balaban J connectivity index is 1.82. The highest BCUT2D eigenvalue weighted by Gasteiger charge is 2.18. The third kappa shape index (κ3) is 3.24. The van der Waals surface area contributed by atoms with E-state index < -0.39 is 0 Å². The summed E-state index contributed by atoms with van der Waals surface area (Å²) in [7, 11) is 0. The van der Waals surface area contributed by atoms with Gasteiger partial charge in [0.15, 0.2) is 0 Å².